The number of rotatable bonds is 4. The quantitative estimate of drug-likeness (QED) is 0.455. The minimum atomic E-state index is -0.339. The summed E-state index contributed by atoms with van der Waals surface area (Å²) in [5.74, 6) is 0.810. The van der Waals surface area contributed by atoms with Crippen LogP contribution in [0.2, 0.25) is 0 Å². The summed E-state index contributed by atoms with van der Waals surface area (Å²) in [4.78, 5) is 17.1. The fourth-order valence-corrected chi connectivity index (χ4v) is 2.49. The summed E-state index contributed by atoms with van der Waals surface area (Å²) in [5, 5.41) is 4.67. The second kappa shape index (κ2) is 6.45. The van der Waals surface area contributed by atoms with E-state index in [4.69, 9.17) is 8.83 Å². The summed E-state index contributed by atoms with van der Waals surface area (Å²) >= 11 is 0. The molecule has 0 spiro atoms. The third-order valence-corrected chi connectivity index (χ3v) is 3.64. The number of fused-ring (bicyclic) bond motifs is 1. The molecular weight excluding hydrogens is 318 g/mol. The summed E-state index contributed by atoms with van der Waals surface area (Å²) in [7, 11) is 0. The normalized spacial score (nSPS) is 11.2. The third-order valence-electron chi connectivity index (χ3n) is 3.64. The highest BCUT2D eigenvalue weighted by Crippen LogP contribution is 2.25. The summed E-state index contributed by atoms with van der Waals surface area (Å²) in [5.41, 5.74) is 4.27. The maximum Gasteiger partial charge on any atom is 0.272 e. The van der Waals surface area contributed by atoms with E-state index in [0.717, 1.165) is 5.39 Å². The molecule has 0 aliphatic heterocycles. The van der Waals surface area contributed by atoms with E-state index in [2.05, 4.69) is 15.5 Å². The van der Waals surface area contributed by atoms with Crippen LogP contribution in [0.25, 0.3) is 22.4 Å². The van der Waals surface area contributed by atoms with Crippen molar-refractivity contribution in [3.63, 3.8) is 0 Å². The number of nitrogens with one attached hydrogen (secondary N) is 1. The van der Waals surface area contributed by atoms with Gasteiger partial charge in [0.2, 0.25) is 0 Å². The molecule has 0 fully saturated rings. The molecule has 25 heavy (non-hydrogen) atoms. The van der Waals surface area contributed by atoms with Crippen molar-refractivity contribution in [2.45, 2.75) is 0 Å². The molecule has 6 heteroatoms. The number of nitrogens with zero attached hydrogens (tertiary/aromatic N) is 2. The van der Waals surface area contributed by atoms with Gasteiger partial charge in [-0.25, -0.2) is 10.4 Å². The second-order valence-electron chi connectivity index (χ2n) is 5.26. The predicted molar refractivity (Wildman–Crippen MR) is 93.2 cm³/mol. The lowest BCUT2D eigenvalue weighted by Gasteiger charge is -2.07. The van der Waals surface area contributed by atoms with Crippen LogP contribution in [0.15, 0.2) is 81.1 Å². The van der Waals surface area contributed by atoms with E-state index in [1.54, 1.807) is 36.6 Å². The minimum absolute atomic E-state index is 0.339. The zero-order valence-corrected chi connectivity index (χ0v) is 13.0. The van der Waals surface area contributed by atoms with Gasteiger partial charge < -0.3 is 8.83 Å². The summed E-state index contributed by atoms with van der Waals surface area (Å²) in [6, 6.07) is 16.2. The molecule has 0 saturated carbocycles. The average Bonchev–Trinajstić information content (AvgIpc) is 3.34. The van der Waals surface area contributed by atoms with Gasteiger partial charge in [0.1, 0.15) is 11.5 Å². The van der Waals surface area contributed by atoms with Crippen molar-refractivity contribution < 1.29 is 13.6 Å². The fraction of sp³-hybridized carbons (Fsp3) is 0. The van der Waals surface area contributed by atoms with Crippen molar-refractivity contribution in [1.29, 1.82) is 0 Å². The smallest absolute Gasteiger partial charge is 0.272 e. The molecule has 0 radical (unpaired) electrons. The van der Waals surface area contributed by atoms with Crippen LogP contribution in [0, 0.1) is 0 Å². The SMILES string of the molecule is O=C(N/N=C\c1ccco1)c1cc(-c2ccco2)nc2ccccc12. The first-order valence-corrected chi connectivity index (χ1v) is 7.62. The Morgan fingerprint density at radius 2 is 1.88 bits per heavy atom. The van der Waals surface area contributed by atoms with E-state index in [1.807, 2.05) is 24.3 Å². The first-order valence-electron chi connectivity index (χ1n) is 7.62. The van der Waals surface area contributed by atoms with Crippen LogP contribution in [0.1, 0.15) is 16.1 Å². The molecule has 1 aromatic carbocycles. The lowest BCUT2D eigenvalue weighted by Crippen LogP contribution is -2.18. The van der Waals surface area contributed by atoms with Crippen molar-refractivity contribution in [1.82, 2.24) is 10.4 Å². The zero-order valence-electron chi connectivity index (χ0n) is 13.0. The Bertz CT molecular complexity index is 1040. The Labute approximate surface area is 142 Å². The van der Waals surface area contributed by atoms with E-state index in [1.165, 1.54) is 12.5 Å². The van der Waals surface area contributed by atoms with Gasteiger partial charge >= 0.3 is 0 Å². The number of hydrogen-bond acceptors (Lipinski definition) is 5. The van der Waals surface area contributed by atoms with Gasteiger partial charge in [-0.05, 0) is 36.4 Å². The molecule has 122 valence electrons. The van der Waals surface area contributed by atoms with Crippen molar-refractivity contribution in [2.24, 2.45) is 5.10 Å². The topological polar surface area (TPSA) is 80.6 Å². The molecule has 0 aliphatic rings. The van der Waals surface area contributed by atoms with Crippen LogP contribution in [-0.4, -0.2) is 17.1 Å². The second-order valence-corrected chi connectivity index (χ2v) is 5.26. The maximum absolute atomic E-state index is 12.6. The lowest BCUT2D eigenvalue weighted by molar-refractivity contribution is 0.0956. The lowest BCUT2D eigenvalue weighted by atomic mass is 10.1. The number of pyridine rings is 1. The molecule has 4 rings (SSSR count). The Hall–Kier alpha value is -3.67. The largest absolute Gasteiger partial charge is 0.463 e. The van der Waals surface area contributed by atoms with Gasteiger partial charge in [0.25, 0.3) is 5.91 Å². The molecule has 0 unspecified atom stereocenters. The van der Waals surface area contributed by atoms with Crippen molar-refractivity contribution in [3.05, 3.63) is 78.4 Å². The molecular formula is C19H13N3O3. The Morgan fingerprint density at radius 3 is 2.68 bits per heavy atom. The number of para-hydroxylation sites is 1. The molecule has 3 heterocycles. The Morgan fingerprint density at radius 1 is 1.04 bits per heavy atom. The van der Waals surface area contributed by atoms with Crippen molar-refractivity contribution >= 4 is 23.0 Å². The number of carbonyl (C=O) groups is 1. The monoisotopic (exact) mass is 331 g/mol. The molecule has 1 amide bonds. The molecule has 0 atom stereocenters. The van der Waals surface area contributed by atoms with Gasteiger partial charge in [-0.3, -0.25) is 4.79 Å². The summed E-state index contributed by atoms with van der Waals surface area (Å²) in [6.07, 6.45) is 4.55. The molecule has 0 saturated heterocycles. The van der Waals surface area contributed by atoms with E-state index < -0.39 is 0 Å². The average molecular weight is 331 g/mol. The highest BCUT2D eigenvalue weighted by atomic mass is 16.3. The van der Waals surface area contributed by atoms with Gasteiger partial charge in [0.15, 0.2) is 5.76 Å². The molecule has 6 nitrogen and oxygen atoms in total. The van der Waals surface area contributed by atoms with Gasteiger partial charge in [-0.2, -0.15) is 5.10 Å². The number of carbonyl (C=O) groups excluding carboxylic acids is 1. The molecule has 4 aromatic rings. The standard InChI is InChI=1S/C19H13N3O3/c23-19(22-20-12-13-5-3-9-24-13)15-11-17(18-8-4-10-25-18)21-16-7-2-1-6-14(15)16/h1-12H,(H,22,23)/b20-12-. The van der Waals surface area contributed by atoms with Crippen LogP contribution < -0.4 is 5.43 Å². The number of furan rings is 2. The van der Waals surface area contributed by atoms with E-state index >= 15 is 0 Å². The minimum Gasteiger partial charge on any atom is -0.463 e. The summed E-state index contributed by atoms with van der Waals surface area (Å²) < 4.78 is 10.5. The highest BCUT2D eigenvalue weighted by Gasteiger charge is 2.14. The number of benzene rings is 1. The number of amides is 1. The van der Waals surface area contributed by atoms with Crippen LogP contribution in [0.3, 0.4) is 0 Å². The zero-order chi connectivity index (χ0) is 17.1. The fourth-order valence-electron chi connectivity index (χ4n) is 2.49. The van der Waals surface area contributed by atoms with Crippen LogP contribution >= 0.6 is 0 Å². The predicted octanol–water partition coefficient (Wildman–Crippen LogP) is 3.85. The molecule has 1 N–H and O–H groups in total. The highest BCUT2D eigenvalue weighted by molar-refractivity contribution is 6.07. The van der Waals surface area contributed by atoms with Gasteiger partial charge in [-0.15, -0.1) is 0 Å². The number of hydrazone groups is 1. The van der Waals surface area contributed by atoms with Crippen LogP contribution in [0.4, 0.5) is 0 Å². The van der Waals surface area contributed by atoms with Crippen molar-refractivity contribution in [3.8, 4) is 11.5 Å². The summed E-state index contributed by atoms with van der Waals surface area (Å²) in [6.45, 7) is 0. The van der Waals surface area contributed by atoms with Gasteiger partial charge in [0.05, 0.1) is 29.8 Å². The van der Waals surface area contributed by atoms with E-state index in [0.29, 0.717) is 28.3 Å². The third kappa shape index (κ3) is 3.05. The first kappa shape index (κ1) is 14.9. The van der Waals surface area contributed by atoms with E-state index in [-0.39, 0.29) is 5.91 Å². The van der Waals surface area contributed by atoms with Gasteiger partial charge in [-0.1, -0.05) is 18.2 Å². The molecule has 0 bridgehead atoms. The Balaban J connectivity index is 1.70. The van der Waals surface area contributed by atoms with E-state index in [9.17, 15) is 4.79 Å². The van der Waals surface area contributed by atoms with Crippen molar-refractivity contribution in [2.75, 3.05) is 0 Å². The molecule has 3 aromatic heterocycles. The number of hydrogen-bond donors (Lipinski definition) is 1. The number of aromatic nitrogens is 1. The molecule has 0 aliphatic carbocycles. The Kier molecular flexibility index (Phi) is 3.84. The van der Waals surface area contributed by atoms with Gasteiger partial charge in [0, 0.05) is 5.39 Å². The maximum atomic E-state index is 12.6. The first-order chi connectivity index (χ1) is 12.3. The van der Waals surface area contributed by atoms with Crippen LogP contribution in [0.5, 0.6) is 0 Å². The van der Waals surface area contributed by atoms with Crippen LogP contribution in [-0.2, 0) is 0 Å².